The van der Waals surface area contributed by atoms with Crippen molar-refractivity contribution in [3.8, 4) is 11.4 Å². The molecule has 15 heavy (non-hydrogen) atoms. The first-order valence-corrected chi connectivity index (χ1v) is 4.77. The Morgan fingerprint density at radius 3 is 2.27 bits per heavy atom. The quantitative estimate of drug-likeness (QED) is 0.776. The molecule has 1 N–H and O–H groups in total. The van der Waals surface area contributed by atoms with E-state index in [0.717, 1.165) is 17.2 Å². The van der Waals surface area contributed by atoms with Crippen LogP contribution in [0.15, 0.2) is 24.3 Å². The first kappa shape index (κ1) is 12.1. The molecule has 0 spiro atoms. The van der Waals surface area contributed by atoms with E-state index in [4.69, 9.17) is 0 Å². The summed E-state index contributed by atoms with van der Waals surface area (Å²) in [4.78, 5) is 7.78. The van der Waals surface area contributed by atoms with E-state index in [1.807, 2.05) is 26.0 Å². The Kier molecular flexibility index (Phi) is 3.81. The Morgan fingerprint density at radius 2 is 1.73 bits per heavy atom. The van der Waals surface area contributed by atoms with Crippen LogP contribution in [0.3, 0.4) is 0 Å². The zero-order valence-electron chi connectivity index (χ0n) is 9.46. The summed E-state index contributed by atoms with van der Waals surface area (Å²) in [5.74, 6) is 0.970. The number of aromatic nitrogens is 2. The fraction of sp³-hybridized carbons (Fsp3) is 0.250. The normalized spacial score (nSPS) is 9.80. The van der Waals surface area contributed by atoms with Gasteiger partial charge in [-0.15, -0.1) is 0 Å². The second kappa shape index (κ2) is 4.72. The molecule has 1 aromatic carbocycles. The van der Waals surface area contributed by atoms with Gasteiger partial charge < -0.3 is 4.98 Å². The number of nitrogens with one attached hydrogen (secondary N) is 1. The van der Waals surface area contributed by atoms with Crippen LogP contribution in [-0.2, 0) is 19.5 Å². The van der Waals surface area contributed by atoms with E-state index >= 15 is 0 Å². The van der Waals surface area contributed by atoms with Gasteiger partial charge in [-0.25, -0.2) is 4.98 Å². The van der Waals surface area contributed by atoms with Crippen LogP contribution in [0.2, 0.25) is 0 Å². The van der Waals surface area contributed by atoms with Gasteiger partial charge in [0.15, 0.2) is 0 Å². The molecular formula is C12H14N2Zn. The van der Waals surface area contributed by atoms with Crippen LogP contribution in [0.25, 0.3) is 11.4 Å². The van der Waals surface area contributed by atoms with Crippen LogP contribution in [0.5, 0.6) is 0 Å². The van der Waals surface area contributed by atoms with Gasteiger partial charge in [0.25, 0.3) is 0 Å². The van der Waals surface area contributed by atoms with E-state index in [2.05, 4.69) is 29.0 Å². The average Bonchev–Trinajstić information content (AvgIpc) is 2.48. The molecule has 2 rings (SSSR count). The van der Waals surface area contributed by atoms with Gasteiger partial charge in [0.1, 0.15) is 5.82 Å². The van der Waals surface area contributed by atoms with Crippen molar-refractivity contribution < 1.29 is 19.5 Å². The summed E-state index contributed by atoms with van der Waals surface area (Å²) in [6, 6.07) is 8.27. The standard InChI is InChI=1S/C12H14N2.Zn/c1-8-6-4-5-7-11(8)12-13-9(2)10(3)14-12;/h4-7H,1-3H3,(H,13,14);. The third kappa shape index (κ3) is 2.35. The molecule has 0 fully saturated rings. The summed E-state index contributed by atoms with van der Waals surface area (Å²) in [5, 5.41) is 0. The molecule has 0 aliphatic rings. The molecular weight excluding hydrogens is 238 g/mol. The largest absolute Gasteiger partial charge is 0.342 e. The number of aryl methyl sites for hydroxylation is 3. The third-order valence-electron chi connectivity index (χ3n) is 2.53. The van der Waals surface area contributed by atoms with E-state index < -0.39 is 0 Å². The first-order valence-electron chi connectivity index (χ1n) is 4.77. The zero-order valence-corrected chi connectivity index (χ0v) is 12.4. The van der Waals surface area contributed by atoms with Crippen LogP contribution < -0.4 is 0 Å². The molecule has 0 aliphatic carbocycles. The van der Waals surface area contributed by atoms with Crippen molar-refractivity contribution in [1.82, 2.24) is 9.97 Å². The number of nitrogens with zero attached hydrogens (tertiary/aromatic N) is 1. The summed E-state index contributed by atoms with van der Waals surface area (Å²) in [6.07, 6.45) is 0. The number of hydrogen-bond donors (Lipinski definition) is 1. The van der Waals surface area contributed by atoms with Gasteiger partial charge in [-0.05, 0) is 26.3 Å². The van der Waals surface area contributed by atoms with Gasteiger partial charge in [0.05, 0.1) is 5.69 Å². The van der Waals surface area contributed by atoms with Crippen LogP contribution in [-0.4, -0.2) is 9.97 Å². The van der Waals surface area contributed by atoms with Crippen molar-refractivity contribution >= 4 is 0 Å². The maximum absolute atomic E-state index is 4.49. The van der Waals surface area contributed by atoms with Crippen molar-refractivity contribution in [1.29, 1.82) is 0 Å². The Hall–Kier alpha value is -0.947. The van der Waals surface area contributed by atoms with Crippen molar-refractivity contribution in [3.05, 3.63) is 41.2 Å². The summed E-state index contributed by atoms with van der Waals surface area (Å²) >= 11 is 0. The maximum Gasteiger partial charge on any atom is 0.138 e. The topological polar surface area (TPSA) is 28.7 Å². The summed E-state index contributed by atoms with van der Waals surface area (Å²) in [7, 11) is 0. The predicted molar refractivity (Wildman–Crippen MR) is 58.2 cm³/mol. The van der Waals surface area contributed by atoms with Gasteiger partial charge in [0, 0.05) is 30.7 Å². The van der Waals surface area contributed by atoms with Gasteiger partial charge in [-0.2, -0.15) is 0 Å². The van der Waals surface area contributed by atoms with Crippen LogP contribution in [0.1, 0.15) is 17.0 Å². The Bertz CT molecular complexity index is 441. The fourth-order valence-electron chi connectivity index (χ4n) is 1.51. The van der Waals surface area contributed by atoms with Crippen molar-refractivity contribution in [2.75, 3.05) is 0 Å². The Labute approximate surface area is 103 Å². The second-order valence-electron chi connectivity index (χ2n) is 3.61. The molecule has 3 heteroatoms. The fourth-order valence-corrected chi connectivity index (χ4v) is 1.51. The molecule has 1 aromatic heterocycles. The van der Waals surface area contributed by atoms with E-state index in [9.17, 15) is 0 Å². The average molecular weight is 252 g/mol. The predicted octanol–water partition coefficient (Wildman–Crippen LogP) is 3.00. The summed E-state index contributed by atoms with van der Waals surface area (Å²) in [6.45, 7) is 6.17. The van der Waals surface area contributed by atoms with Crippen molar-refractivity contribution in [3.63, 3.8) is 0 Å². The minimum Gasteiger partial charge on any atom is -0.342 e. The minimum atomic E-state index is 0. The van der Waals surface area contributed by atoms with Gasteiger partial charge in [-0.3, -0.25) is 0 Å². The van der Waals surface area contributed by atoms with E-state index in [1.54, 1.807) is 0 Å². The van der Waals surface area contributed by atoms with Gasteiger partial charge in [-0.1, -0.05) is 24.3 Å². The van der Waals surface area contributed by atoms with Crippen LogP contribution >= 0.6 is 0 Å². The SMILES string of the molecule is Cc1ccccc1-c1nc(C)c(C)[nH]1.[Zn]. The molecule has 2 nitrogen and oxygen atoms in total. The molecule has 0 saturated heterocycles. The van der Waals surface area contributed by atoms with E-state index in [-0.39, 0.29) is 19.5 Å². The molecule has 0 aliphatic heterocycles. The molecule has 0 amide bonds. The van der Waals surface area contributed by atoms with Crippen molar-refractivity contribution in [2.24, 2.45) is 0 Å². The first-order chi connectivity index (χ1) is 6.68. The monoisotopic (exact) mass is 250 g/mol. The summed E-state index contributed by atoms with van der Waals surface area (Å²) < 4.78 is 0. The van der Waals surface area contributed by atoms with Gasteiger partial charge in [0.2, 0.25) is 0 Å². The molecule has 0 atom stereocenters. The molecule has 0 bridgehead atoms. The molecule has 1 heterocycles. The number of aromatic amines is 1. The minimum absolute atomic E-state index is 0. The molecule has 2 aromatic rings. The van der Waals surface area contributed by atoms with Crippen LogP contribution in [0.4, 0.5) is 0 Å². The number of hydrogen-bond acceptors (Lipinski definition) is 1. The van der Waals surface area contributed by atoms with Crippen LogP contribution in [0, 0.1) is 20.8 Å². The Morgan fingerprint density at radius 1 is 1.07 bits per heavy atom. The molecule has 0 unspecified atom stereocenters. The summed E-state index contributed by atoms with van der Waals surface area (Å²) in [5.41, 5.74) is 4.65. The molecule has 0 radical (unpaired) electrons. The smallest absolute Gasteiger partial charge is 0.138 e. The molecule has 74 valence electrons. The second-order valence-corrected chi connectivity index (χ2v) is 3.61. The van der Waals surface area contributed by atoms with E-state index in [1.165, 1.54) is 11.1 Å². The number of rotatable bonds is 1. The zero-order chi connectivity index (χ0) is 10.1. The third-order valence-corrected chi connectivity index (χ3v) is 2.53. The molecule has 0 saturated carbocycles. The van der Waals surface area contributed by atoms with Gasteiger partial charge >= 0.3 is 0 Å². The number of imidazole rings is 1. The Balaban J connectivity index is 0.00000112. The van der Waals surface area contributed by atoms with E-state index in [0.29, 0.717) is 0 Å². The van der Waals surface area contributed by atoms with Crippen molar-refractivity contribution in [2.45, 2.75) is 20.8 Å². The maximum atomic E-state index is 4.49. The number of benzene rings is 1. The number of H-pyrrole nitrogens is 1.